The number of likely N-dealkylation sites (tertiary alicyclic amines) is 1. The minimum atomic E-state index is -1.13. The van der Waals surface area contributed by atoms with Gasteiger partial charge in [-0.25, -0.2) is 4.79 Å². The van der Waals surface area contributed by atoms with E-state index in [0.717, 1.165) is 0 Å². The average Bonchev–Trinajstić information content (AvgIpc) is 2.72. The van der Waals surface area contributed by atoms with Gasteiger partial charge >= 0.3 is 5.97 Å². The molecule has 1 atom stereocenters. The number of nitrogens with two attached hydrogens (primary N) is 1. The standard InChI is InChI=1S/C13H16N2O3/c1-13(12(17)18)7-4-8-15(13)11(16)9-5-2-3-6-10(9)14/h2-3,5-6H,4,7-8,14H2,1H3,(H,17,18). The van der Waals surface area contributed by atoms with E-state index in [-0.39, 0.29) is 5.91 Å². The predicted octanol–water partition coefficient (Wildman–Crippen LogP) is 1.35. The first-order valence-electron chi connectivity index (χ1n) is 5.86. The number of hydrogen-bond donors (Lipinski definition) is 2. The maximum atomic E-state index is 12.4. The summed E-state index contributed by atoms with van der Waals surface area (Å²) in [5.74, 6) is -1.28. The Kier molecular flexibility index (Phi) is 2.98. The van der Waals surface area contributed by atoms with Crippen LogP contribution in [-0.2, 0) is 4.79 Å². The minimum Gasteiger partial charge on any atom is -0.480 e. The number of carbonyl (C=O) groups excluding carboxylic acids is 1. The summed E-state index contributed by atoms with van der Waals surface area (Å²) in [5.41, 5.74) is 5.38. The van der Waals surface area contributed by atoms with Crippen molar-refractivity contribution in [1.29, 1.82) is 0 Å². The lowest BCUT2D eigenvalue weighted by molar-refractivity contribution is -0.147. The van der Waals surface area contributed by atoms with Crippen LogP contribution >= 0.6 is 0 Å². The van der Waals surface area contributed by atoms with Gasteiger partial charge in [0, 0.05) is 12.2 Å². The first-order valence-corrected chi connectivity index (χ1v) is 5.86. The summed E-state index contributed by atoms with van der Waals surface area (Å²) in [6.07, 6.45) is 1.17. The van der Waals surface area contributed by atoms with Gasteiger partial charge in [-0.15, -0.1) is 0 Å². The third kappa shape index (κ3) is 1.81. The molecule has 5 nitrogen and oxygen atoms in total. The number of anilines is 1. The summed E-state index contributed by atoms with van der Waals surface area (Å²) < 4.78 is 0. The normalized spacial score (nSPS) is 23.1. The molecule has 0 radical (unpaired) electrons. The van der Waals surface area contributed by atoms with Gasteiger partial charge in [-0.05, 0) is 31.9 Å². The SMILES string of the molecule is CC1(C(=O)O)CCCN1C(=O)c1ccccc1N. The third-order valence-electron chi connectivity index (χ3n) is 3.54. The average molecular weight is 248 g/mol. The number of nitrogens with zero attached hydrogens (tertiary/aromatic N) is 1. The summed E-state index contributed by atoms with van der Waals surface area (Å²) in [6, 6.07) is 6.73. The number of benzene rings is 1. The Hall–Kier alpha value is -2.04. The number of para-hydroxylation sites is 1. The number of nitrogen functional groups attached to an aromatic ring is 1. The summed E-state index contributed by atoms with van der Waals surface area (Å²) in [4.78, 5) is 25.1. The second kappa shape index (κ2) is 4.33. The van der Waals surface area contributed by atoms with Crippen LogP contribution in [0.4, 0.5) is 5.69 Å². The Morgan fingerprint density at radius 1 is 1.39 bits per heavy atom. The molecule has 1 aliphatic rings. The van der Waals surface area contributed by atoms with Gasteiger partial charge in [0.25, 0.3) is 5.91 Å². The van der Waals surface area contributed by atoms with Crippen LogP contribution in [0.25, 0.3) is 0 Å². The van der Waals surface area contributed by atoms with Crippen molar-refractivity contribution in [2.75, 3.05) is 12.3 Å². The van der Waals surface area contributed by atoms with Crippen LogP contribution in [0.3, 0.4) is 0 Å². The van der Waals surface area contributed by atoms with Gasteiger partial charge < -0.3 is 15.7 Å². The molecule has 0 saturated carbocycles. The van der Waals surface area contributed by atoms with E-state index in [2.05, 4.69) is 0 Å². The van der Waals surface area contributed by atoms with Crippen LogP contribution in [0, 0.1) is 0 Å². The van der Waals surface area contributed by atoms with E-state index in [4.69, 9.17) is 5.73 Å². The highest BCUT2D eigenvalue weighted by molar-refractivity contribution is 6.01. The fourth-order valence-corrected chi connectivity index (χ4v) is 2.35. The molecule has 1 aromatic carbocycles. The first kappa shape index (κ1) is 12.4. The van der Waals surface area contributed by atoms with E-state index in [0.29, 0.717) is 30.6 Å². The number of carbonyl (C=O) groups is 2. The number of aliphatic carboxylic acids is 1. The maximum absolute atomic E-state index is 12.4. The van der Waals surface area contributed by atoms with Gasteiger partial charge in [0.05, 0.1) is 5.56 Å². The number of amides is 1. The van der Waals surface area contributed by atoms with Crippen molar-refractivity contribution < 1.29 is 14.7 Å². The largest absolute Gasteiger partial charge is 0.480 e. The quantitative estimate of drug-likeness (QED) is 0.774. The van der Waals surface area contributed by atoms with Crippen molar-refractivity contribution >= 4 is 17.6 Å². The Morgan fingerprint density at radius 2 is 2.06 bits per heavy atom. The molecule has 18 heavy (non-hydrogen) atoms. The maximum Gasteiger partial charge on any atom is 0.329 e. The molecular formula is C13H16N2O3. The Morgan fingerprint density at radius 3 is 2.67 bits per heavy atom. The van der Waals surface area contributed by atoms with Crippen molar-refractivity contribution in [2.45, 2.75) is 25.3 Å². The molecular weight excluding hydrogens is 232 g/mol. The minimum absolute atomic E-state index is 0.310. The van der Waals surface area contributed by atoms with Crippen LogP contribution < -0.4 is 5.73 Å². The van der Waals surface area contributed by atoms with E-state index in [1.54, 1.807) is 31.2 Å². The van der Waals surface area contributed by atoms with E-state index >= 15 is 0 Å². The van der Waals surface area contributed by atoms with Crippen molar-refractivity contribution in [1.82, 2.24) is 4.90 Å². The zero-order chi connectivity index (χ0) is 13.3. The van der Waals surface area contributed by atoms with E-state index in [1.807, 2.05) is 0 Å². The van der Waals surface area contributed by atoms with Gasteiger partial charge in [-0.3, -0.25) is 4.79 Å². The molecule has 1 aliphatic heterocycles. The summed E-state index contributed by atoms with van der Waals surface area (Å²) >= 11 is 0. The van der Waals surface area contributed by atoms with E-state index in [1.165, 1.54) is 4.90 Å². The lowest BCUT2D eigenvalue weighted by atomic mass is 9.98. The second-order valence-electron chi connectivity index (χ2n) is 4.73. The monoisotopic (exact) mass is 248 g/mol. The molecule has 0 aliphatic carbocycles. The molecule has 1 saturated heterocycles. The zero-order valence-electron chi connectivity index (χ0n) is 10.2. The summed E-state index contributed by atoms with van der Waals surface area (Å²) in [5, 5.41) is 9.28. The van der Waals surface area contributed by atoms with Gasteiger partial charge in [0.2, 0.25) is 0 Å². The third-order valence-corrected chi connectivity index (χ3v) is 3.54. The highest BCUT2D eigenvalue weighted by Crippen LogP contribution is 2.31. The van der Waals surface area contributed by atoms with Gasteiger partial charge in [-0.2, -0.15) is 0 Å². The molecule has 1 amide bonds. The Bertz CT molecular complexity index is 501. The molecule has 1 unspecified atom stereocenters. The number of rotatable bonds is 2. The van der Waals surface area contributed by atoms with Crippen LogP contribution in [-0.4, -0.2) is 34.0 Å². The Balaban J connectivity index is 2.35. The van der Waals surface area contributed by atoms with Crippen molar-refractivity contribution in [2.24, 2.45) is 0 Å². The van der Waals surface area contributed by atoms with Gasteiger partial charge in [0.1, 0.15) is 5.54 Å². The van der Waals surface area contributed by atoms with Crippen molar-refractivity contribution in [3.63, 3.8) is 0 Å². The van der Waals surface area contributed by atoms with Gasteiger partial charge in [-0.1, -0.05) is 12.1 Å². The fraction of sp³-hybridized carbons (Fsp3) is 0.385. The lowest BCUT2D eigenvalue weighted by Crippen LogP contribution is -2.50. The number of carboxylic acids is 1. The molecule has 5 heteroatoms. The second-order valence-corrected chi connectivity index (χ2v) is 4.73. The number of hydrogen-bond acceptors (Lipinski definition) is 3. The van der Waals surface area contributed by atoms with Crippen LogP contribution in [0.1, 0.15) is 30.1 Å². The van der Waals surface area contributed by atoms with Crippen LogP contribution in [0.15, 0.2) is 24.3 Å². The molecule has 0 aromatic heterocycles. The molecule has 1 fully saturated rings. The van der Waals surface area contributed by atoms with Crippen molar-refractivity contribution in [3.8, 4) is 0 Å². The lowest BCUT2D eigenvalue weighted by Gasteiger charge is -2.31. The smallest absolute Gasteiger partial charge is 0.329 e. The summed E-state index contributed by atoms with van der Waals surface area (Å²) in [7, 11) is 0. The zero-order valence-corrected chi connectivity index (χ0v) is 10.2. The molecule has 0 spiro atoms. The molecule has 96 valence electrons. The first-order chi connectivity index (χ1) is 8.47. The van der Waals surface area contributed by atoms with Gasteiger partial charge in [0.15, 0.2) is 0 Å². The predicted molar refractivity (Wildman–Crippen MR) is 67.2 cm³/mol. The highest BCUT2D eigenvalue weighted by atomic mass is 16.4. The molecule has 1 aromatic rings. The van der Waals surface area contributed by atoms with Crippen LogP contribution in [0.2, 0.25) is 0 Å². The van der Waals surface area contributed by atoms with E-state index in [9.17, 15) is 14.7 Å². The number of carboxylic acid groups (broad SMARTS) is 1. The van der Waals surface area contributed by atoms with Crippen molar-refractivity contribution in [3.05, 3.63) is 29.8 Å². The molecule has 2 rings (SSSR count). The topological polar surface area (TPSA) is 83.6 Å². The Labute approximate surface area is 105 Å². The molecule has 1 heterocycles. The van der Waals surface area contributed by atoms with E-state index < -0.39 is 11.5 Å². The van der Waals surface area contributed by atoms with Crippen LogP contribution in [0.5, 0.6) is 0 Å². The summed E-state index contributed by atoms with van der Waals surface area (Å²) in [6.45, 7) is 2.04. The fourth-order valence-electron chi connectivity index (χ4n) is 2.35. The molecule has 0 bridgehead atoms. The highest BCUT2D eigenvalue weighted by Gasteiger charge is 2.46. The molecule has 3 N–H and O–H groups in total.